The number of carboxylic acids is 1. The monoisotopic (exact) mass is 176 g/mol. The van der Waals surface area contributed by atoms with Gasteiger partial charge in [-0.2, -0.15) is 0 Å². The van der Waals surface area contributed by atoms with E-state index in [1.54, 1.807) is 13.8 Å². The highest BCUT2D eigenvalue weighted by Gasteiger charge is 2.07. The molecular weight excluding hydrogens is 160 g/mol. The van der Waals surface area contributed by atoms with Gasteiger partial charge in [-0.15, -0.1) is 0 Å². The van der Waals surface area contributed by atoms with Crippen LogP contribution in [0.2, 0.25) is 0 Å². The minimum atomic E-state index is -0.862. The molecule has 0 aliphatic carbocycles. The predicted octanol–water partition coefficient (Wildman–Crippen LogP) is 0.637. The maximum atomic E-state index is 10.2. The van der Waals surface area contributed by atoms with Crippen LogP contribution in [0.5, 0.6) is 0 Å². The summed E-state index contributed by atoms with van der Waals surface area (Å²) in [6.07, 6.45) is -0.104. The smallest absolute Gasteiger partial charge is 0.305 e. The van der Waals surface area contributed by atoms with Crippen molar-refractivity contribution in [3.63, 3.8) is 0 Å². The topological polar surface area (TPSA) is 66.8 Å². The van der Waals surface area contributed by atoms with Crippen molar-refractivity contribution < 1.29 is 19.7 Å². The first-order valence-electron chi connectivity index (χ1n) is 4.04. The first kappa shape index (κ1) is 11.4. The molecule has 0 saturated carbocycles. The van der Waals surface area contributed by atoms with Gasteiger partial charge in [0.15, 0.2) is 0 Å². The van der Waals surface area contributed by atoms with Crippen LogP contribution in [0.15, 0.2) is 0 Å². The van der Waals surface area contributed by atoms with Crippen molar-refractivity contribution in [2.75, 3.05) is 6.61 Å². The quantitative estimate of drug-likeness (QED) is 0.623. The van der Waals surface area contributed by atoms with E-state index < -0.39 is 5.97 Å². The number of carbonyl (C=O) groups is 1. The Hall–Kier alpha value is -0.610. The molecule has 4 nitrogen and oxygen atoms in total. The summed E-state index contributed by atoms with van der Waals surface area (Å²) >= 11 is 0. The van der Waals surface area contributed by atoms with Crippen molar-refractivity contribution in [1.82, 2.24) is 0 Å². The summed E-state index contributed by atoms with van der Waals surface area (Å²) in [7, 11) is 0. The Balaban J connectivity index is 3.31. The van der Waals surface area contributed by atoms with E-state index in [4.69, 9.17) is 14.9 Å². The molecule has 2 unspecified atom stereocenters. The lowest BCUT2D eigenvalue weighted by atomic mass is 10.3. The highest BCUT2D eigenvalue weighted by atomic mass is 16.5. The van der Waals surface area contributed by atoms with Crippen LogP contribution >= 0.6 is 0 Å². The standard InChI is InChI=1S/C8H16O4/c1-6(9)3-4-12-7(2)5-8(10)11/h6-7,9H,3-5H2,1-2H3,(H,10,11). The summed E-state index contributed by atoms with van der Waals surface area (Å²) in [5, 5.41) is 17.2. The summed E-state index contributed by atoms with van der Waals surface area (Å²) in [5.74, 6) is -0.862. The van der Waals surface area contributed by atoms with E-state index in [1.165, 1.54) is 0 Å². The van der Waals surface area contributed by atoms with Crippen LogP contribution < -0.4 is 0 Å². The van der Waals surface area contributed by atoms with E-state index in [9.17, 15) is 4.79 Å². The van der Waals surface area contributed by atoms with Crippen molar-refractivity contribution in [2.45, 2.75) is 38.9 Å². The van der Waals surface area contributed by atoms with Gasteiger partial charge in [0.05, 0.1) is 18.6 Å². The largest absolute Gasteiger partial charge is 0.481 e. The Labute approximate surface area is 72.2 Å². The van der Waals surface area contributed by atoms with Crippen molar-refractivity contribution >= 4 is 5.97 Å². The molecule has 0 saturated heterocycles. The average Bonchev–Trinajstić information content (AvgIpc) is 1.84. The van der Waals surface area contributed by atoms with E-state index in [0.717, 1.165) is 0 Å². The predicted molar refractivity (Wildman–Crippen MR) is 44.0 cm³/mol. The van der Waals surface area contributed by atoms with E-state index in [1.807, 2.05) is 0 Å². The Morgan fingerprint density at radius 1 is 1.50 bits per heavy atom. The molecular formula is C8H16O4. The molecule has 12 heavy (non-hydrogen) atoms. The summed E-state index contributed by atoms with van der Waals surface area (Å²) < 4.78 is 5.12. The first-order valence-corrected chi connectivity index (χ1v) is 4.04. The lowest BCUT2D eigenvalue weighted by molar-refractivity contribution is -0.139. The molecule has 2 N–H and O–H groups in total. The molecule has 0 spiro atoms. The maximum Gasteiger partial charge on any atom is 0.305 e. The summed E-state index contributed by atoms with van der Waals surface area (Å²) in [4.78, 5) is 10.2. The van der Waals surface area contributed by atoms with Crippen LogP contribution in [0.4, 0.5) is 0 Å². The number of hydrogen-bond donors (Lipinski definition) is 2. The van der Waals surface area contributed by atoms with Gasteiger partial charge in [-0.25, -0.2) is 0 Å². The Kier molecular flexibility index (Phi) is 5.66. The SMILES string of the molecule is CC(O)CCOC(C)CC(=O)O. The van der Waals surface area contributed by atoms with Gasteiger partial charge in [-0.05, 0) is 20.3 Å². The Morgan fingerprint density at radius 3 is 2.50 bits per heavy atom. The number of aliphatic carboxylic acids is 1. The molecule has 72 valence electrons. The fraction of sp³-hybridized carbons (Fsp3) is 0.875. The number of aliphatic hydroxyl groups excluding tert-OH is 1. The molecule has 0 aliphatic rings. The first-order chi connectivity index (χ1) is 5.52. The lowest BCUT2D eigenvalue weighted by Crippen LogP contribution is -2.16. The van der Waals surface area contributed by atoms with Crippen LogP contribution in [0.3, 0.4) is 0 Å². The Bertz CT molecular complexity index is 133. The van der Waals surface area contributed by atoms with E-state index >= 15 is 0 Å². The van der Waals surface area contributed by atoms with Gasteiger partial charge >= 0.3 is 5.97 Å². The van der Waals surface area contributed by atoms with Crippen LogP contribution in [0.1, 0.15) is 26.7 Å². The molecule has 0 amide bonds. The van der Waals surface area contributed by atoms with Gasteiger partial charge in [0.2, 0.25) is 0 Å². The van der Waals surface area contributed by atoms with Crippen molar-refractivity contribution in [1.29, 1.82) is 0 Å². The highest BCUT2D eigenvalue weighted by Crippen LogP contribution is 1.99. The van der Waals surface area contributed by atoms with Crippen LogP contribution in [0.25, 0.3) is 0 Å². The van der Waals surface area contributed by atoms with Gasteiger partial charge in [0.25, 0.3) is 0 Å². The molecule has 4 heteroatoms. The van der Waals surface area contributed by atoms with E-state index in [2.05, 4.69) is 0 Å². The second-order valence-electron chi connectivity index (χ2n) is 2.92. The lowest BCUT2D eigenvalue weighted by Gasteiger charge is -2.11. The third kappa shape index (κ3) is 7.50. The van der Waals surface area contributed by atoms with Crippen LogP contribution in [0, 0.1) is 0 Å². The number of hydrogen-bond acceptors (Lipinski definition) is 3. The average molecular weight is 176 g/mol. The highest BCUT2D eigenvalue weighted by molar-refractivity contribution is 5.67. The van der Waals surface area contributed by atoms with Gasteiger partial charge in [-0.3, -0.25) is 4.79 Å². The van der Waals surface area contributed by atoms with Crippen LogP contribution in [-0.4, -0.2) is 35.0 Å². The van der Waals surface area contributed by atoms with Gasteiger partial charge in [0, 0.05) is 6.61 Å². The molecule has 0 heterocycles. The summed E-state index contributed by atoms with van der Waals surface area (Å²) in [6.45, 7) is 3.79. The summed E-state index contributed by atoms with van der Waals surface area (Å²) in [5.41, 5.74) is 0. The Morgan fingerprint density at radius 2 is 2.08 bits per heavy atom. The fourth-order valence-corrected chi connectivity index (χ4v) is 0.745. The molecule has 0 bridgehead atoms. The maximum absolute atomic E-state index is 10.2. The minimum absolute atomic E-state index is 0.0137. The van der Waals surface area contributed by atoms with Crippen molar-refractivity contribution in [2.24, 2.45) is 0 Å². The second kappa shape index (κ2) is 5.97. The molecule has 0 radical (unpaired) electrons. The van der Waals surface area contributed by atoms with Gasteiger partial charge in [-0.1, -0.05) is 0 Å². The van der Waals surface area contributed by atoms with E-state index in [0.29, 0.717) is 13.0 Å². The zero-order valence-corrected chi connectivity index (χ0v) is 7.49. The number of ether oxygens (including phenoxy) is 1. The number of carboxylic acid groups (broad SMARTS) is 1. The molecule has 0 aromatic rings. The summed E-state index contributed by atoms with van der Waals surface area (Å²) in [6, 6.07) is 0. The van der Waals surface area contributed by atoms with E-state index in [-0.39, 0.29) is 18.6 Å². The zero-order chi connectivity index (χ0) is 9.56. The molecule has 0 aromatic carbocycles. The van der Waals surface area contributed by atoms with Crippen LogP contribution in [-0.2, 0) is 9.53 Å². The fourth-order valence-electron chi connectivity index (χ4n) is 0.745. The van der Waals surface area contributed by atoms with Gasteiger partial charge < -0.3 is 14.9 Å². The van der Waals surface area contributed by atoms with Gasteiger partial charge in [0.1, 0.15) is 0 Å². The minimum Gasteiger partial charge on any atom is -0.481 e. The molecule has 0 fully saturated rings. The third-order valence-electron chi connectivity index (χ3n) is 1.40. The molecule has 0 aromatic heterocycles. The second-order valence-corrected chi connectivity index (χ2v) is 2.92. The molecule has 0 aliphatic heterocycles. The van der Waals surface area contributed by atoms with Crippen molar-refractivity contribution in [3.05, 3.63) is 0 Å². The number of rotatable bonds is 6. The van der Waals surface area contributed by atoms with Crippen molar-refractivity contribution in [3.8, 4) is 0 Å². The zero-order valence-electron chi connectivity index (χ0n) is 7.49. The molecule has 2 atom stereocenters. The number of aliphatic hydroxyl groups is 1. The molecule has 0 rings (SSSR count). The normalized spacial score (nSPS) is 15.6. The third-order valence-corrected chi connectivity index (χ3v) is 1.40.